The summed E-state index contributed by atoms with van der Waals surface area (Å²) in [5, 5.41) is 9.94. The van der Waals surface area contributed by atoms with Crippen molar-refractivity contribution in [2.45, 2.75) is 18.0 Å². The van der Waals surface area contributed by atoms with E-state index in [2.05, 4.69) is 11.8 Å². The van der Waals surface area contributed by atoms with Gasteiger partial charge < -0.3 is 14.9 Å². The first-order valence-corrected chi connectivity index (χ1v) is 10.6. The molecule has 2 aliphatic heterocycles. The van der Waals surface area contributed by atoms with E-state index in [1.807, 2.05) is 43.3 Å². The molecule has 0 saturated carbocycles. The summed E-state index contributed by atoms with van der Waals surface area (Å²) in [4.78, 5) is 30.9. The number of hydrogen-bond acceptors (Lipinski definition) is 4. The minimum absolute atomic E-state index is 0.0453. The van der Waals surface area contributed by atoms with Crippen LogP contribution in [0.25, 0.3) is 0 Å². The Bertz CT molecular complexity index is 1060. The highest BCUT2D eigenvalue weighted by Gasteiger charge is 2.54. The van der Waals surface area contributed by atoms with Gasteiger partial charge in [-0.1, -0.05) is 24.0 Å². The molecule has 6 nitrogen and oxygen atoms in total. The van der Waals surface area contributed by atoms with Gasteiger partial charge in [-0.25, -0.2) is 4.39 Å². The molecule has 7 heteroatoms. The molecule has 0 bridgehead atoms. The Hall–Kier alpha value is -3.21. The molecule has 166 valence electrons. The molecule has 0 spiro atoms. The molecular weight excluding hydrogens is 409 g/mol. The number of amides is 2. The van der Waals surface area contributed by atoms with Gasteiger partial charge in [-0.3, -0.25) is 14.5 Å². The van der Waals surface area contributed by atoms with Crippen LogP contribution < -0.4 is 0 Å². The van der Waals surface area contributed by atoms with Crippen LogP contribution >= 0.6 is 0 Å². The van der Waals surface area contributed by atoms with E-state index in [0.29, 0.717) is 18.7 Å². The number of benzene rings is 2. The topological polar surface area (TPSA) is 64.1 Å². The van der Waals surface area contributed by atoms with Crippen LogP contribution in [0.15, 0.2) is 48.5 Å². The first-order valence-electron chi connectivity index (χ1n) is 10.6. The summed E-state index contributed by atoms with van der Waals surface area (Å²) < 4.78 is 13.2. The van der Waals surface area contributed by atoms with Crippen molar-refractivity contribution in [1.82, 2.24) is 14.7 Å². The first-order chi connectivity index (χ1) is 15.4. The fourth-order valence-electron chi connectivity index (χ4n) is 4.52. The molecule has 0 radical (unpaired) electrons. The molecule has 0 unspecified atom stereocenters. The third-order valence-corrected chi connectivity index (χ3v) is 6.05. The number of halogens is 1. The summed E-state index contributed by atoms with van der Waals surface area (Å²) in [5.41, 5.74) is 2.26. The van der Waals surface area contributed by atoms with Crippen LogP contribution in [0.1, 0.15) is 27.4 Å². The number of aliphatic hydroxyl groups is 1. The molecule has 4 rings (SSSR count). The second-order valence-electron chi connectivity index (χ2n) is 8.50. The predicted octanol–water partition coefficient (Wildman–Crippen LogP) is 1.55. The van der Waals surface area contributed by atoms with Gasteiger partial charge in [0.1, 0.15) is 12.4 Å². The van der Waals surface area contributed by atoms with E-state index < -0.39 is 5.82 Å². The lowest BCUT2D eigenvalue weighted by molar-refractivity contribution is -0.159. The van der Waals surface area contributed by atoms with Crippen LogP contribution in [0.3, 0.4) is 0 Å². The van der Waals surface area contributed by atoms with Crippen LogP contribution in [0.4, 0.5) is 4.39 Å². The molecule has 2 saturated heterocycles. The smallest absolute Gasteiger partial charge is 0.254 e. The number of carbonyl (C=O) groups excluding carboxylic acids is 2. The van der Waals surface area contributed by atoms with Crippen molar-refractivity contribution in [2.24, 2.45) is 0 Å². The van der Waals surface area contributed by atoms with Gasteiger partial charge in [0.05, 0.1) is 25.2 Å². The fraction of sp³-hybridized carbons (Fsp3) is 0.360. The number of fused-ring (bicyclic) bond motifs is 1. The quantitative estimate of drug-likeness (QED) is 0.741. The Kier molecular flexibility index (Phi) is 6.26. The van der Waals surface area contributed by atoms with Crippen molar-refractivity contribution >= 4 is 11.8 Å². The Morgan fingerprint density at radius 3 is 2.47 bits per heavy atom. The van der Waals surface area contributed by atoms with E-state index in [0.717, 1.165) is 11.1 Å². The van der Waals surface area contributed by atoms with Gasteiger partial charge in [-0.15, -0.1) is 0 Å². The summed E-state index contributed by atoms with van der Waals surface area (Å²) in [7, 11) is 3.93. The van der Waals surface area contributed by atoms with Gasteiger partial charge in [0.2, 0.25) is 5.91 Å². The SMILES string of the molecule is CN(C)CC#Cc1ccc([C@H]2[C@H]3CN(C(=O)c4ccc(F)cc4)CC(=O)N3[C@H]2CO)cc1. The van der Waals surface area contributed by atoms with Crippen molar-refractivity contribution in [3.63, 3.8) is 0 Å². The lowest BCUT2D eigenvalue weighted by Gasteiger charge is -2.58. The van der Waals surface area contributed by atoms with Gasteiger partial charge in [0, 0.05) is 23.6 Å². The molecule has 1 N–H and O–H groups in total. The van der Waals surface area contributed by atoms with Crippen LogP contribution in [-0.4, -0.2) is 84.0 Å². The molecule has 2 aromatic carbocycles. The lowest BCUT2D eigenvalue weighted by atomic mass is 9.73. The number of rotatable bonds is 4. The number of aliphatic hydroxyl groups excluding tert-OH is 1. The van der Waals surface area contributed by atoms with E-state index in [4.69, 9.17) is 0 Å². The zero-order chi connectivity index (χ0) is 22.8. The summed E-state index contributed by atoms with van der Waals surface area (Å²) in [6.07, 6.45) is 0. The van der Waals surface area contributed by atoms with E-state index >= 15 is 0 Å². The van der Waals surface area contributed by atoms with E-state index in [9.17, 15) is 19.1 Å². The first kappa shape index (κ1) is 22.0. The zero-order valence-electron chi connectivity index (χ0n) is 18.2. The maximum atomic E-state index is 13.2. The predicted molar refractivity (Wildman–Crippen MR) is 118 cm³/mol. The summed E-state index contributed by atoms with van der Waals surface area (Å²) in [6, 6.07) is 12.7. The van der Waals surface area contributed by atoms with Crippen molar-refractivity contribution in [3.05, 3.63) is 71.0 Å². The van der Waals surface area contributed by atoms with Crippen LogP contribution in [0, 0.1) is 17.7 Å². The summed E-state index contributed by atoms with van der Waals surface area (Å²) >= 11 is 0. The van der Waals surface area contributed by atoms with Gasteiger partial charge >= 0.3 is 0 Å². The maximum absolute atomic E-state index is 13.2. The minimum atomic E-state index is -0.415. The van der Waals surface area contributed by atoms with Crippen molar-refractivity contribution in [3.8, 4) is 11.8 Å². The Morgan fingerprint density at radius 1 is 1.16 bits per heavy atom. The Labute approximate surface area is 187 Å². The molecule has 0 aromatic heterocycles. The summed E-state index contributed by atoms with van der Waals surface area (Å²) in [6.45, 7) is 0.862. The standard InChI is InChI=1S/C25H26FN3O3/c1-27(2)13-3-4-17-5-7-18(8-6-17)24-21-14-28(15-23(31)29(21)22(24)16-30)25(32)19-9-11-20(26)12-10-19/h5-12,21-22,24,30H,13-16H2,1-2H3/t21-,22+,24+/m1/s1. The van der Waals surface area contributed by atoms with Gasteiger partial charge in [0.25, 0.3) is 5.91 Å². The van der Waals surface area contributed by atoms with Gasteiger partial charge in [0.15, 0.2) is 0 Å². The van der Waals surface area contributed by atoms with Crippen LogP contribution in [-0.2, 0) is 4.79 Å². The lowest BCUT2D eigenvalue weighted by Crippen LogP contribution is -2.73. The van der Waals surface area contributed by atoms with Crippen LogP contribution in [0.5, 0.6) is 0 Å². The van der Waals surface area contributed by atoms with Gasteiger partial charge in [-0.05, 0) is 56.1 Å². The molecule has 3 atom stereocenters. The normalized spacial score (nSPS) is 22.2. The minimum Gasteiger partial charge on any atom is -0.394 e. The Balaban J connectivity index is 1.52. The van der Waals surface area contributed by atoms with Crippen molar-refractivity contribution in [1.29, 1.82) is 0 Å². The average Bonchev–Trinajstić information content (AvgIpc) is 2.76. The molecule has 2 aliphatic rings. The number of carbonyl (C=O) groups is 2. The third-order valence-electron chi connectivity index (χ3n) is 6.05. The highest BCUT2D eigenvalue weighted by Crippen LogP contribution is 2.43. The van der Waals surface area contributed by atoms with Crippen molar-refractivity contribution < 1.29 is 19.1 Å². The second kappa shape index (κ2) is 9.11. The van der Waals surface area contributed by atoms with Crippen LogP contribution in [0.2, 0.25) is 0 Å². The largest absolute Gasteiger partial charge is 0.394 e. The third kappa shape index (κ3) is 4.24. The monoisotopic (exact) mass is 435 g/mol. The van der Waals surface area contributed by atoms with Gasteiger partial charge in [-0.2, -0.15) is 0 Å². The number of nitrogens with zero attached hydrogens (tertiary/aromatic N) is 3. The second-order valence-corrected chi connectivity index (χ2v) is 8.50. The molecule has 2 aromatic rings. The zero-order valence-corrected chi connectivity index (χ0v) is 18.2. The van der Waals surface area contributed by atoms with Crippen molar-refractivity contribution in [2.75, 3.05) is 40.3 Å². The molecular formula is C25H26FN3O3. The Morgan fingerprint density at radius 2 is 1.84 bits per heavy atom. The molecule has 2 heterocycles. The van der Waals surface area contributed by atoms with E-state index in [-0.39, 0.29) is 43.0 Å². The van der Waals surface area contributed by atoms with E-state index in [1.165, 1.54) is 29.2 Å². The fourth-order valence-corrected chi connectivity index (χ4v) is 4.52. The highest BCUT2D eigenvalue weighted by atomic mass is 19.1. The molecule has 2 fully saturated rings. The average molecular weight is 435 g/mol. The van der Waals surface area contributed by atoms with E-state index in [1.54, 1.807) is 4.90 Å². The molecule has 0 aliphatic carbocycles. The summed E-state index contributed by atoms with van der Waals surface area (Å²) in [5.74, 6) is 5.26. The molecule has 32 heavy (non-hydrogen) atoms. The number of hydrogen-bond donors (Lipinski definition) is 1. The highest BCUT2D eigenvalue weighted by molar-refractivity contribution is 5.97. The maximum Gasteiger partial charge on any atom is 0.254 e. The number of piperazine rings is 1. The molecule has 2 amide bonds.